The zero-order valence-corrected chi connectivity index (χ0v) is 25.8. The second kappa shape index (κ2) is 15.4. The Hall–Kier alpha value is -3.89. The van der Waals surface area contributed by atoms with Crippen molar-refractivity contribution in [3.05, 3.63) is 41.5 Å². The molecule has 15 nitrogen and oxygen atoms in total. The number of hydrogen-bond donors (Lipinski definition) is 4. The predicted molar refractivity (Wildman–Crippen MR) is 155 cm³/mol. The lowest BCUT2D eigenvalue weighted by Crippen LogP contribution is -2.61. The number of aryl methyl sites for hydroxylation is 1. The monoisotopic (exact) mass is 636 g/mol. The van der Waals surface area contributed by atoms with E-state index in [2.05, 4.69) is 0 Å². The maximum Gasteiger partial charge on any atom is 0.335 e. The van der Waals surface area contributed by atoms with Crippen LogP contribution in [0.1, 0.15) is 30.9 Å². The van der Waals surface area contributed by atoms with Crippen molar-refractivity contribution in [3.63, 3.8) is 0 Å². The van der Waals surface area contributed by atoms with E-state index in [9.17, 15) is 44.4 Å². The quantitative estimate of drug-likeness (QED) is 0.102. The summed E-state index contributed by atoms with van der Waals surface area (Å²) in [5.41, 5.74) is 1.08. The molecule has 248 valence electrons. The third-order valence-electron chi connectivity index (χ3n) is 7.32. The van der Waals surface area contributed by atoms with Gasteiger partial charge in [-0.3, -0.25) is 24.1 Å². The summed E-state index contributed by atoms with van der Waals surface area (Å²) < 4.78 is 16.8. The SMILES string of the molecule is CC(=O)OCc1ccc(CCCN(CCC[N+](C)(C)C)C(=O)CN2C(=O)C=CC2=O)cc1O[C@@H]1O[C@H](C(=O)O)[C@@H](O)[C@H](O)[C@H]1O. The standard InChI is InChI=1S/C30H41N3O12/c1-18(34)43-17-20-9-8-19(15-21(20)44-30-27(40)25(38)26(39)28(45-30)29(41)42)7-5-12-31(13-6-14-33(2,3)4)24(37)16-32-22(35)10-11-23(32)36/h8-11,15,25-28,30,38-40H,5-7,12-14,16-17H2,1-4H3/p+1/t25-,26-,27+,28-,30+/m0/s1. The second-order valence-electron chi connectivity index (χ2n) is 12.0. The molecule has 0 unspecified atom stereocenters. The van der Waals surface area contributed by atoms with Crippen LogP contribution in [0.3, 0.4) is 0 Å². The highest BCUT2D eigenvalue weighted by molar-refractivity contribution is 6.14. The Morgan fingerprint density at radius 1 is 0.978 bits per heavy atom. The summed E-state index contributed by atoms with van der Waals surface area (Å²) in [5, 5.41) is 40.0. The number of amides is 3. The van der Waals surface area contributed by atoms with Crippen molar-refractivity contribution in [2.24, 2.45) is 0 Å². The molecule has 2 aliphatic rings. The largest absolute Gasteiger partial charge is 0.479 e. The van der Waals surface area contributed by atoms with Gasteiger partial charge in [0, 0.05) is 44.1 Å². The molecule has 0 saturated carbocycles. The van der Waals surface area contributed by atoms with Gasteiger partial charge in [0.05, 0.1) is 27.7 Å². The van der Waals surface area contributed by atoms with Crippen molar-refractivity contribution < 1.29 is 63.1 Å². The number of carbonyl (C=O) groups excluding carboxylic acids is 4. The highest BCUT2D eigenvalue weighted by Crippen LogP contribution is 2.29. The minimum absolute atomic E-state index is 0.0833. The van der Waals surface area contributed by atoms with Crippen LogP contribution >= 0.6 is 0 Å². The molecule has 15 heteroatoms. The highest BCUT2D eigenvalue weighted by atomic mass is 16.7. The zero-order valence-electron chi connectivity index (χ0n) is 25.8. The molecule has 45 heavy (non-hydrogen) atoms. The molecule has 5 atom stereocenters. The van der Waals surface area contributed by atoms with E-state index >= 15 is 0 Å². The van der Waals surface area contributed by atoms with Crippen molar-refractivity contribution in [1.29, 1.82) is 0 Å². The molecule has 1 aromatic rings. The third kappa shape index (κ3) is 10.1. The number of imide groups is 1. The van der Waals surface area contributed by atoms with Gasteiger partial charge < -0.3 is 44.0 Å². The molecular weight excluding hydrogens is 594 g/mol. The molecule has 2 heterocycles. The molecule has 0 spiro atoms. The molecular formula is C30H42N3O12+. The Morgan fingerprint density at radius 3 is 2.22 bits per heavy atom. The van der Waals surface area contributed by atoms with E-state index in [4.69, 9.17) is 14.2 Å². The van der Waals surface area contributed by atoms with E-state index in [1.807, 2.05) is 21.1 Å². The summed E-state index contributed by atoms with van der Waals surface area (Å²) in [4.78, 5) is 62.6. The summed E-state index contributed by atoms with van der Waals surface area (Å²) in [6, 6.07) is 4.95. The van der Waals surface area contributed by atoms with E-state index in [1.54, 1.807) is 23.1 Å². The molecule has 1 saturated heterocycles. The van der Waals surface area contributed by atoms with Crippen molar-refractivity contribution in [3.8, 4) is 5.75 Å². The van der Waals surface area contributed by atoms with E-state index in [1.165, 1.54) is 6.92 Å². The first-order chi connectivity index (χ1) is 21.1. The smallest absolute Gasteiger partial charge is 0.335 e. The van der Waals surface area contributed by atoms with Crippen LogP contribution in [0.5, 0.6) is 5.75 Å². The predicted octanol–water partition coefficient (Wildman–Crippen LogP) is -1.20. The number of quaternary nitrogens is 1. The first-order valence-electron chi connectivity index (χ1n) is 14.5. The Morgan fingerprint density at radius 2 is 1.62 bits per heavy atom. The minimum Gasteiger partial charge on any atom is -0.479 e. The van der Waals surface area contributed by atoms with Crippen LogP contribution in [0, 0.1) is 0 Å². The number of carboxylic acid groups (broad SMARTS) is 1. The maximum absolute atomic E-state index is 13.2. The number of nitrogens with zero attached hydrogens (tertiary/aromatic N) is 3. The summed E-state index contributed by atoms with van der Waals surface area (Å²) >= 11 is 0. The van der Waals surface area contributed by atoms with Crippen LogP contribution in [0.15, 0.2) is 30.4 Å². The first-order valence-corrected chi connectivity index (χ1v) is 14.5. The average molecular weight is 637 g/mol. The third-order valence-corrected chi connectivity index (χ3v) is 7.32. The Bertz CT molecular complexity index is 1280. The lowest BCUT2D eigenvalue weighted by molar-refractivity contribution is -0.870. The first kappa shape index (κ1) is 35.6. The summed E-state index contributed by atoms with van der Waals surface area (Å²) in [6.45, 7) is 2.18. The van der Waals surface area contributed by atoms with Gasteiger partial charge in [0.2, 0.25) is 12.2 Å². The summed E-state index contributed by atoms with van der Waals surface area (Å²) in [6.07, 6.45) is -5.23. The normalized spacial score (nSPS) is 23.3. The molecule has 1 fully saturated rings. The maximum atomic E-state index is 13.2. The number of carboxylic acids is 1. The number of benzene rings is 1. The lowest BCUT2D eigenvalue weighted by Gasteiger charge is -2.38. The van der Waals surface area contributed by atoms with Crippen molar-refractivity contribution in [2.75, 3.05) is 47.3 Å². The number of carbonyl (C=O) groups is 5. The van der Waals surface area contributed by atoms with Crippen LogP contribution in [-0.4, -0.2) is 142 Å². The fraction of sp³-hybridized carbons (Fsp3) is 0.567. The molecule has 0 aromatic heterocycles. The summed E-state index contributed by atoms with van der Waals surface area (Å²) in [7, 11) is 6.10. The average Bonchev–Trinajstić information content (AvgIpc) is 3.27. The number of hydrogen-bond acceptors (Lipinski definition) is 11. The fourth-order valence-electron chi connectivity index (χ4n) is 4.83. The molecule has 2 aliphatic heterocycles. The fourth-order valence-corrected chi connectivity index (χ4v) is 4.83. The van der Waals surface area contributed by atoms with Gasteiger partial charge in [0.25, 0.3) is 11.8 Å². The topological polar surface area (TPSA) is 200 Å². The zero-order chi connectivity index (χ0) is 33.5. The molecule has 0 aliphatic carbocycles. The van der Waals surface area contributed by atoms with Crippen LogP contribution < -0.4 is 4.74 Å². The van der Waals surface area contributed by atoms with E-state index in [-0.39, 0.29) is 24.8 Å². The summed E-state index contributed by atoms with van der Waals surface area (Å²) in [5.74, 6) is -3.48. The number of rotatable bonds is 15. The molecule has 4 N–H and O–H groups in total. The number of aliphatic hydroxyl groups is 3. The molecule has 0 bridgehead atoms. The van der Waals surface area contributed by atoms with Gasteiger partial charge in [0.1, 0.15) is 37.2 Å². The van der Waals surface area contributed by atoms with Crippen LogP contribution in [0.2, 0.25) is 0 Å². The highest BCUT2D eigenvalue weighted by Gasteiger charge is 2.48. The Labute approximate surface area is 260 Å². The van der Waals surface area contributed by atoms with Crippen molar-refractivity contribution in [2.45, 2.75) is 63.5 Å². The number of aliphatic carboxylic acids is 1. The van der Waals surface area contributed by atoms with Crippen molar-refractivity contribution >= 4 is 29.7 Å². The van der Waals surface area contributed by atoms with Gasteiger partial charge in [-0.2, -0.15) is 0 Å². The Kier molecular flexibility index (Phi) is 12.2. The number of esters is 1. The van der Waals surface area contributed by atoms with Crippen LogP contribution in [0.4, 0.5) is 0 Å². The van der Waals surface area contributed by atoms with E-state index in [0.29, 0.717) is 48.0 Å². The molecule has 1 aromatic carbocycles. The van der Waals surface area contributed by atoms with Gasteiger partial charge in [-0.15, -0.1) is 0 Å². The van der Waals surface area contributed by atoms with Gasteiger partial charge in [-0.25, -0.2) is 4.79 Å². The van der Waals surface area contributed by atoms with Crippen LogP contribution in [0.25, 0.3) is 0 Å². The minimum atomic E-state index is -1.89. The van der Waals surface area contributed by atoms with E-state index in [0.717, 1.165) is 23.6 Å². The van der Waals surface area contributed by atoms with Gasteiger partial charge in [-0.05, 0) is 24.5 Å². The van der Waals surface area contributed by atoms with Gasteiger partial charge >= 0.3 is 11.9 Å². The van der Waals surface area contributed by atoms with Gasteiger partial charge in [-0.1, -0.05) is 12.1 Å². The van der Waals surface area contributed by atoms with Crippen LogP contribution in [-0.2, 0) is 46.5 Å². The molecule has 3 rings (SSSR count). The van der Waals surface area contributed by atoms with E-state index < -0.39 is 54.5 Å². The lowest BCUT2D eigenvalue weighted by atomic mass is 9.99. The Balaban J connectivity index is 1.74. The number of ether oxygens (including phenoxy) is 3. The number of aliphatic hydroxyl groups excluding tert-OH is 3. The van der Waals surface area contributed by atoms with Crippen molar-refractivity contribution in [1.82, 2.24) is 9.80 Å². The molecule has 3 amide bonds. The van der Waals surface area contributed by atoms with Gasteiger partial charge in [0.15, 0.2) is 6.10 Å². The molecule has 0 radical (unpaired) electrons. The second-order valence-corrected chi connectivity index (χ2v) is 12.0.